The molecule has 2 aromatic carbocycles. The van der Waals surface area contributed by atoms with Crippen molar-refractivity contribution in [1.82, 2.24) is 9.29 Å². The highest BCUT2D eigenvalue weighted by atomic mass is 35.5. The smallest absolute Gasteiger partial charge is 0.257 e. The fraction of sp³-hybridized carbons (Fsp3) is 0.263. The minimum Gasteiger partial charge on any atom is -0.298 e. The minimum absolute atomic E-state index is 0.0831. The Morgan fingerprint density at radius 2 is 1.76 bits per heavy atom. The zero-order valence-electron chi connectivity index (χ0n) is 15.6. The van der Waals surface area contributed by atoms with Crippen LogP contribution in [-0.2, 0) is 10.0 Å². The maximum Gasteiger partial charge on any atom is 0.257 e. The molecule has 1 amide bonds. The zero-order chi connectivity index (χ0) is 21.0. The Morgan fingerprint density at radius 3 is 2.38 bits per heavy atom. The van der Waals surface area contributed by atoms with Crippen molar-refractivity contribution >= 4 is 65.8 Å². The molecular weight excluding hydrogens is 453 g/mol. The maximum absolute atomic E-state index is 12.7. The Morgan fingerprint density at radius 1 is 1.10 bits per heavy atom. The van der Waals surface area contributed by atoms with Crippen LogP contribution in [0.1, 0.15) is 15.9 Å². The lowest BCUT2D eigenvalue weighted by Gasteiger charge is -2.20. The number of rotatable bonds is 8. The number of anilines is 1. The number of fused-ring (bicyclic) bond motifs is 1. The molecule has 0 fully saturated rings. The van der Waals surface area contributed by atoms with Crippen molar-refractivity contribution in [2.75, 3.05) is 30.2 Å². The van der Waals surface area contributed by atoms with Gasteiger partial charge in [0.25, 0.3) is 5.91 Å². The molecule has 29 heavy (non-hydrogen) atoms. The van der Waals surface area contributed by atoms with E-state index < -0.39 is 10.0 Å². The van der Waals surface area contributed by atoms with E-state index in [1.54, 1.807) is 0 Å². The third-order valence-corrected chi connectivity index (χ3v) is 7.39. The molecule has 154 valence electrons. The van der Waals surface area contributed by atoms with Crippen LogP contribution in [0.25, 0.3) is 10.2 Å². The first-order valence-electron chi connectivity index (χ1n) is 8.76. The highest BCUT2D eigenvalue weighted by Crippen LogP contribution is 2.27. The van der Waals surface area contributed by atoms with E-state index in [0.29, 0.717) is 10.7 Å². The van der Waals surface area contributed by atoms with Crippen molar-refractivity contribution in [3.8, 4) is 0 Å². The number of nitrogens with one attached hydrogen (secondary N) is 1. The van der Waals surface area contributed by atoms with Crippen molar-refractivity contribution < 1.29 is 13.2 Å². The minimum atomic E-state index is -3.73. The molecule has 0 saturated heterocycles. The molecule has 3 aromatic rings. The number of halogens is 2. The van der Waals surface area contributed by atoms with E-state index in [9.17, 15) is 13.2 Å². The number of alkyl halides is 2. The van der Waals surface area contributed by atoms with Crippen molar-refractivity contribution in [3.05, 3.63) is 53.6 Å². The fourth-order valence-electron chi connectivity index (χ4n) is 2.73. The number of carbonyl (C=O) groups is 1. The molecule has 0 spiro atoms. The van der Waals surface area contributed by atoms with Gasteiger partial charge in [0.2, 0.25) is 10.0 Å². The molecule has 0 bridgehead atoms. The number of aromatic nitrogens is 1. The summed E-state index contributed by atoms with van der Waals surface area (Å²) < 4.78 is 27.6. The maximum atomic E-state index is 12.7. The summed E-state index contributed by atoms with van der Waals surface area (Å²) in [7, 11) is -3.73. The molecule has 0 aliphatic rings. The Kier molecular flexibility index (Phi) is 7.13. The summed E-state index contributed by atoms with van der Waals surface area (Å²) >= 11 is 12.8. The molecule has 6 nitrogen and oxygen atoms in total. The Bertz CT molecular complexity index is 1110. The van der Waals surface area contributed by atoms with E-state index >= 15 is 0 Å². The first-order chi connectivity index (χ1) is 13.8. The number of amides is 1. The van der Waals surface area contributed by atoms with Gasteiger partial charge in [-0.2, -0.15) is 4.31 Å². The van der Waals surface area contributed by atoms with Crippen LogP contribution in [-0.4, -0.2) is 48.5 Å². The van der Waals surface area contributed by atoms with Crippen LogP contribution in [0.3, 0.4) is 0 Å². The Labute approximate surface area is 183 Å². The van der Waals surface area contributed by atoms with Crippen LogP contribution in [0.15, 0.2) is 47.4 Å². The Hall–Kier alpha value is -1.71. The predicted octanol–water partition coefficient (Wildman–Crippen LogP) is 4.33. The fourth-order valence-corrected chi connectivity index (χ4v) is 5.62. The highest BCUT2D eigenvalue weighted by Gasteiger charge is 2.23. The second-order valence-corrected chi connectivity index (χ2v) is 9.98. The van der Waals surface area contributed by atoms with Crippen LogP contribution in [0.5, 0.6) is 0 Å². The van der Waals surface area contributed by atoms with Crippen LogP contribution in [0.2, 0.25) is 0 Å². The van der Waals surface area contributed by atoms with Crippen molar-refractivity contribution in [2.45, 2.75) is 11.8 Å². The number of aryl methyl sites for hydroxylation is 1. The van der Waals surface area contributed by atoms with Crippen LogP contribution >= 0.6 is 34.5 Å². The molecule has 0 aliphatic carbocycles. The molecule has 3 rings (SSSR count). The normalized spacial score (nSPS) is 11.9. The molecular formula is C19H19Cl2N3O3S2. The molecule has 10 heteroatoms. The largest absolute Gasteiger partial charge is 0.298 e. The lowest BCUT2D eigenvalue weighted by atomic mass is 10.2. The average Bonchev–Trinajstić information content (AvgIpc) is 3.09. The number of thiazole rings is 1. The summed E-state index contributed by atoms with van der Waals surface area (Å²) in [6.07, 6.45) is 0. The van der Waals surface area contributed by atoms with E-state index in [1.165, 1.54) is 39.9 Å². The lowest BCUT2D eigenvalue weighted by Crippen LogP contribution is -2.34. The van der Waals surface area contributed by atoms with Crippen molar-refractivity contribution in [1.29, 1.82) is 0 Å². The van der Waals surface area contributed by atoms with Gasteiger partial charge in [-0.1, -0.05) is 17.4 Å². The molecule has 1 N–H and O–H groups in total. The second-order valence-electron chi connectivity index (χ2n) is 6.25. The molecule has 0 unspecified atom stereocenters. The quantitative estimate of drug-likeness (QED) is 0.495. The summed E-state index contributed by atoms with van der Waals surface area (Å²) in [4.78, 5) is 17.0. The van der Waals surface area contributed by atoms with Crippen molar-refractivity contribution in [2.24, 2.45) is 0 Å². The van der Waals surface area contributed by atoms with E-state index in [-0.39, 0.29) is 35.7 Å². The van der Waals surface area contributed by atoms with Gasteiger partial charge in [0.15, 0.2) is 5.13 Å². The third kappa shape index (κ3) is 5.07. The monoisotopic (exact) mass is 471 g/mol. The van der Waals surface area contributed by atoms with Gasteiger partial charge in [0.05, 0.1) is 15.1 Å². The van der Waals surface area contributed by atoms with Crippen molar-refractivity contribution in [3.63, 3.8) is 0 Å². The van der Waals surface area contributed by atoms with Crippen LogP contribution in [0.4, 0.5) is 5.13 Å². The summed E-state index contributed by atoms with van der Waals surface area (Å²) in [6.45, 7) is 2.31. The number of hydrogen-bond donors (Lipinski definition) is 1. The second kappa shape index (κ2) is 9.40. The molecule has 0 atom stereocenters. The van der Waals surface area contributed by atoms with E-state index in [0.717, 1.165) is 15.8 Å². The topological polar surface area (TPSA) is 79.4 Å². The number of carbonyl (C=O) groups excluding carboxylic acids is 1. The summed E-state index contributed by atoms with van der Waals surface area (Å²) in [5.74, 6) is -0.0283. The molecule has 0 aliphatic heterocycles. The lowest BCUT2D eigenvalue weighted by molar-refractivity contribution is 0.102. The van der Waals surface area contributed by atoms with Gasteiger partial charge >= 0.3 is 0 Å². The van der Waals surface area contributed by atoms with Crippen LogP contribution < -0.4 is 5.32 Å². The molecule has 1 heterocycles. The number of sulfonamides is 1. The summed E-state index contributed by atoms with van der Waals surface area (Å²) in [5, 5.41) is 3.25. The molecule has 1 aromatic heterocycles. The van der Waals surface area contributed by atoms with Gasteiger partial charge in [-0.3, -0.25) is 10.1 Å². The third-order valence-electron chi connectivity index (χ3n) is 4.19. The van der Waals surface area contributed by atoms with Gasteiger partial charge in [0.1, 0.15) is 0 Å². The van der Waals surface area contributed by atoms with Gasteiger partial charge in [-0.05, 0) is 48.9 Å². The highest BCUT2D eigenvalue weighted by molar-refractivity contribution is 7.89. The first kappa shape index (κ1) is 22.0. The Balaban J connectivity index is 1.77. The average molecular weight is 472 g/mol. The summed E-state index contributed by atoms with van der Waals surface area (Å²) in [6, 6.07) is 11.7. The SMILES string of the molecule is Cc1ccc2sc(NC(=O)c3ccc(S(=O)(=O)N(CCCl)CCCl)cc3)nc2c1. The van der Waals surface area contributed by atoms with Crippen LogP contribution in [0, 0.1) is 6.92 Å². The van der Waals surface area contributed by atoms with Gasteiger partial charge in [0, 0.05) is 30.4 Å². The van der Waals surface area contributed by atoms with Gasteiger partial charge in [-0.15, -0.1) is 23.2 Å². The molecule has 0 radical (unpaired) electrons. The molecule has 0 saturated carbocycles. The summed E-state index contributed by atoms with van der Waals surface area (Å²) in [5.41, 5.74) is 2.25. The van der Waals surface area contributed by atoms with Gasteiger partial charge in [-0.25, -0.2) is 13.4 Å². The first-order valence-corrected chi connectivity index (χ1v) is 12.1. The number of hydrogen-bond acceptors (Lipinski definition) is 5. The number of benzene rings is 2. The zero-order valence-corrected chi connectivity index (χ0v) is 18.7. The van der Waals surface area contributed by atoms with E-state index in [4.69, 9.17) is 23.2 Å². The van der Waals surface area contributed by atoms with Gasteiger partial charge < -0.3 is 0 Å². The van der Waals surface area contributed by atoms with E-state index in [1.807, 2.05) is 25.1 Å². The predicted molar refractivity (Wildman–Crippen MR) is 119 cm³/mol. The number of nitrogens with zero attached hydrogens (tertiary/aromatic N) is 2. The standard InChI is InChI=1S/C19H19Cl2N3O3S2/c1-13-2-7-17-16(12-13)22-19(28-17)23-18(25)14-3-5-15(6-4-14)29(26,27)24(10-8-20)11-9-21/h2-7,12H,8-11H2,1H3,(H,22,23,25). The van der Waals surface area contributed by atoms with E-state index in [2.05, 4.69) is 10.3 Å².